The van der Waals surface area contributed by atoms with E-state index in [0.29, 0.717) is 12.3 Å². The van der Waals surface area contributed by atoms with Crippen LogP contribution in [0, 0.1) is 12.8 Å². The number of thiophene rings is 1. The third kappa shape index (κ3) is 3.12. The zero-order valence-electron chi connectivity index (χ0n) is 11.2. The van der Waals surface area contributed by atoms with Crippen LogP contribution in [0.1, 0.15) is 36.1 Å². The number of aryl methyl sites for hydroxylation is 1. The molecule has 100 valence electrons. The Morgan fingerprint density at radius 2 is 2.33 bits per heavy atom. The van der Waals surface area contributed by atoms with E-state index in [1.807, 2.05) is 11.9 Å². The van der Waals surface area contributed by atoms with E-state index in [0.717, 1.165) is 19.4 Å². The van der Waals surface area contributed by atoms with Crippen molar-refractivity contribution in [2.24, 2.45) is 11.7 Å². The summed E-state index contributed by atoms with van der Waals surface area (Å²) >= 11 is 1.72. The van der Waals surface area contributed by atoms with Crippen LogP contribution in [0.25, 0.3) is 0 Å². The molecule has 1 saturated carbocycles. The fraction of sp³-hybridized carbons (Fsp3) is 0.643. The highest BCUT2D eigenvalue weighted by atomic mass is 32.1. The third-order valence-electron chi connectivity index (χ3n) is 3.93. The Hall–Kier alpha value is -0.870. The minimum absolute atomic E-state index is 0.227. The van der Waals surface area contributed by atoms with Crippen molar-refractivity contribution in [2.75, 3.05) is 7.05 Å². The van der Waals surface area contributed by atoms with E-state index in [1.54, 1.807) is 11.3 Å². The van der Waals surface area contributed by atoms with E-state index in [9.17, 15) is 4.79 Å². The van der Waals surface area contributed by atoms with Gasteiger partial charge in [0.05, 0.1) is 6.54 Å². The van der Waals surface area contributed by atoms with Crippen LogP contribution in [0.3, 0.4) is 0 Å². The second-order valence-corrected chi connectivity index (χ2v) is 6.34. The summed E-state index contributed by atoms with van der Waals surface area (Å²) in [6.45, 7) is 2.82. The molecule has 0 radical (unpaired) electrons. The van der Waals surface area contributed by atoms with E-state index < -0.39 is 0 Å². The summed E-state index contributed by atoms with van der Waals surface area (Å²) in [6.07, 6.45) is 3.97. The van der Waals surface area contributed by atoms with Crippen molar-refractivity contribution in [1.82, 2.24) is 4.90 Å². The Bertz CT molecular complexity index is 416. The molecule has 0 spiro atoms. The van der Waals surface area contributed by atoms with Crippen molar-refractivity contribution < 1.29 is 4.79 Å². The Kier molecular flexibility index (Phi) is 4.40. The molecule has 3 nitrogen and oxygen atoms in total. The number of hydrogen-bond acceptors (Lipinski definition) is 3. The average molecular weight is 266 g/mol. The molecule has 0 bridgehead atoms. The number of nitrogens with zero attached hydrogens (tertiary/aromatic N) is 1. The van der Waals surface area contributed by atoms with E-state index in [2.05, 4.69) is 18.4 Å². The van der Waals surface area contributed by atoms with E-state index in [1.165, 1.54) is 16.9 Å². The predicted octanol–water partition coefficient (Wildman–Crippen LogP) is 2.53. The number of hydrogen-bond donors (Lipinski definition) is 1. The standard InChI is InChI=1S/C14H22N2OS/c1-10-6-7-18-13(10)9-16(2)14(17)8-11-4-3-5-12(11)15/h6-7,11-12H,3-5,8-9,15H2,1-2H3/t11-,12+/m0/s1. The molecule has 1 heterocycles. The molecule has 0 aliphatic heterocycles. The molecule has 2 rings (SSSR count). The SMILES string of the molecule is Cc1ccsc1CN(C)C(=O)C[C@@H]1CCC[C@H]1N. The summed E-state index contributed by atoms with van der Waals surface area (Å²) in [7, 11) is 1.89. The van der Waals surface area contributed by atoms with Gasteiger partial charge in [-0.2, -0.15) is 0 Å². The van der Waals surface area contributed by atoms with Gasteiger partial charge in [0.25, 0.3) is 0 Å². The van der Waals surface area contributed by atoms with Gasteiger partial charge in [-0.25, -0.2) is 0 Å². The first-order valence-electron chi connectivity index (χ1n) is 6.60. The lowest BCUT2D eigenvalue weighted by Crippen LogP contribution is -2.32. The lowest BCUT2D eigenvalue weighted by Gasteiger charge is -2.21. The molecule has 1 aromatic rings. The van der Waals surface area contributed by atoms with Crippen molar-refractivity contribution in [3.05, 3.63) is 21.9 Å². The normalized spacial score (nSPS) is 23.3. The van der Waals surface area contributed by atoms with Crippen LogP contribution in [-0.4, -0.2) is 23.9 Å². The Morgan fingerprint density at radius 1 is 1.56 bits per heavy atom. The van der Waals surface area contributed by atoms with Crippen molar-refractivity contribution in [1.29, 1.82) is 0 Å². The highest BCUT2D eigenvalue weighted by Gasteiger charge is 2.27. The molecule has 1 fully saturated rings. The minimum Gasteiger partial charge on any atom is -0.341 e. The number of nitrogens with two attached hydrogens (primary N) is 1. The molecular formula is C14H22N2OS. The molecule has 1 amide bonds. The summed E-state index contributed by atoms with van der Waals surface area (Å²) in [4.78, 5) is 15.3. The van der Waals surface area contributed by atoms with Gasteiger partial charge in [-0.05, 0) is 42.7 Å². The summed E-state index contributed by atoms with van der Waals surface area (Å²) in [6, 6.07) is 2.33. The quantitative estimate of drug-likeness (QED) is 0.910. The van der Waals surface area contributed by atoms with Gasteiger partial charge in [0, 0.05) is 24.4 Å². The van der Waals surface area contributed by atoms with Gasteiger partial charge in [0.1, 0.15) is 0 Å². The summed E-state index contributed by atoms with van der Waals surface area (Å²) < 4.78 is 0. The number of carbonyl (C=O) groups is 1. The molecule has 1 aliphatic carbocycles. The molecular weight excluding hydrogens is 244 g/mol. The monoisotopic (exact) mass is 266 g/mol. The third-order valence-corrected chi connectivity index (χ3v) is 4.94. The van der Waals surface area contributed by atoms with Gasteiger partial charge < -0.3 is 10.6 Å². The van der Waals surface area contributed by atoms with Crippen molar-refractivity contribution in [3.8, 4) is 0 Å². The van der Waals surface area contributed by atoms with Gasteiger partial charge in [0.15, 0.2) is 0 Å². The molecule has 0 unspecified atom stereocenters. The first-order chi connectivity index (χ1) is 8.58. The van der Waals surface area contributed by atoms with E-state index in [-0.39, 0.29) is 11.9 Å². The summed E-state index contributed by atoms with van der Waals surface area (Å²) in [5.41, 5.74) is 7.29. The topological polar surface area (TPSA) is 46.3 Å². The highest BCUT2D eigenvalue weighted by molar-refractivity contribution is 7.10. The fourth-order valence-corrected chi connectivity index (χ4v) is 3.53. The molecule has 0 aromatic carbocycles. The zero-order chi connectivity index (χ0) is 13.1. The number of carbonyl (C=O) groups excluding carboxylic acids is 1. The average Bonchev–Trinajstić information content (AvgIpc) is 2.90. The van der Waals surface area contributed by atoms with Gasteiger partial charge in [-0.15, -0.1) is 11.3 Å². The van der Waals surface area contributed by atoms with Gasteiger partial charge in [0.2, 0.25) is 5.91 Å². The maximum atomic E-state index is 12.2. The van der Waals surface area contributed by atoms with Gasteiger partial charge in [-0.3, -0.25) is 4.79 Å². The lowest BCUT2D eigenvalue weighted by molar-refractivity contribution is -0.131. The summed E-state index contributed by atoms with van der Waals surface area (Å²) in [5, 5.41) is 2.08. The largest absolute Gasteiger partial charge is 0.341 e. The van der Waals surface area contributed by atoms with Crippen LogP contribution in [0.5, 0.6) is 0 Å². The highest BCUT2D eigenvalue weighted by Crippen LogP contribution is 2.27. The Morgan fingerprint density at radius 3 is 2.89 bits per heavy atom. The molecule has 1 aromatic heterocycles. The van der Waals surface area contributed by atoms with Crippen LogP contribution in [-0.2, 0) is 11.3 Å². The van der Waals surface area contributed by atoms with Crippen molar-refractivity contribution in [3.63, 3.8) is 0 Å². The minimum atomic E-state index is 0.227. The number of amides is 1. The molecule has 1 aliphatic rings. The van der Waals surface area contributed by atoms with Crippen LogP contribution in [0.2, 0.25) is 0 Å². The molecule has 18 heavy (non-hydrogen) atoms. The Labute approximate surface area is 113 Å². The second kappa shape index (κ2) is 5.85. The maximum absolute atomic E-state index is 12.2. The molecule has 4 heteroatoms. The maximum Gasteiger partial charge on any atom is 0.222 e. The Balaban J connectivity index is 1.87. The smallest absolute Gasteiger partial charge is 0.222 e. The number of rotatable bonds is 4. The lowest BCUT2D eigenvalue weighted by atomic mass is 9.99. The van der Waals surface area contributed by atoms with E-state index in [4.69, 9.17) is 5.73 Å². The fourth-order valence-electron chi connectivity index (χ4n) is 2.57. The van der Waals surface area contributed by atoms with Gasteiger partial charge >= 0.3 is 0 Å². The molecule has 2 N–H and O–H groups in total. The molecule has 0 saturated heterocycles. The summed E-state index contributed by atoms with van der Waals surface area (Å²) in [5.74, 6) is 0.620. The van der Waals surface area contributed by atoms with Crippen LogP contribution < -0.4 is 5.73 Å². The van der Waals surface area contributed by atoms with Crippen LogP contribution in [0.4, 0.5) is 0 Å². The first kappa shape index (κ1) is 13.6. The predicted molar refractivity (Wildman–Crippen MR) is 75.5 cm³/mol. The van der Waals surface area contributed by atoms with Crippen LogP contribution in [0.15, 0.2) is 11.4 Å². The van der Waals surface area contributed by atoms with Crippen molar-refractivity contribution in [2.45, 2.75) is 45.2 Å². The molecule has 2 atom stereocenters. The van der Waals surface area contributed by atoms with Crippen LogP contribution >= 0.6 is 11.3 Å². The van der Waals surface area contributed by atoms with E-state index >= 15 is 0 Å². The first-order valence-corrected chi connectivity index (χ1v) is 7.48. The van der Waals surface area contributed by atoms with Gasteiger partial charge in [-0.1, -0.05) is 6.42 Å². The van der Waals surface area contributed by atoms with Crippen molar-refractivity contribution >= 4 is 17.2 Å². The zero-order valence-corrected chi connectivity index (χ0v) is 12.0. The second-order valence-electron chi connectivity index (χ2n) is 5.34.